The second-order valence-corrected chi connectivity index (χ2v) is 7.21. The summed E-state index contributed by atoms with van der Waals surface area (Å²) < 4.78 is 42.5. The smallest absolute Gasteiger partial charge is 0.261 e. The summed E-state index contributed by atoms with van der Waals surface area (Å²) in [5, 5.41) is 4.39. The van der Waals surface area contributed by atoms with Crippen LogP contribution < -0.4 is 5.32 Å². The number of nitrogens with zero attached hydrogens (tertiary/aromatic N) is 1. The molecule has 28 heavy (non-hydrogen) atoms. The predicted molar refractivity (Wildman–Crippen MR) is 98.6 cm³/mol. The Kier molecular flexibility index (Phi) is 4.64. The lowest BCUT2D eigenvalue weighted by atomic mass is 10.0. The molecule has 0 spiro atoms. The molecule has 0 saturated carbocycles. The third-order valence-electron chi connectivity index (χ3n) is 4.46. The number of carbonyl (C=O) groups is 2. The van der Waals surface area contributed by atoms with Crippen LogP contribution in [-0.2, 0) is 4.79 Å². The molecular formula is C20H13F3N2O2S. The van der Waals surface area contributed by atoms with Gasteiger partial charge in [0.2, 0.25) is 5.91 Å². The molecule has 1 aliphatic heterocycles. The first-order valence-corrected chi connectivity index (χ1v) is 9.21. The average Bonchev–Trinajstić information content (AvgIpc) is 3.12. The van der Waals surface area contributed by atoms with E-state index >= 15 is 0 Å². The number of rotatable bonds is 2. The van der Waals surface area contributed by atoms with Gasteiger partial charge in [-0.2, -0.15) is 0 Å². The summed E-state index contributed by atoms with van der Waals surface area (Å²) in [4.78, 5) is 27.2. The highest BCUT2D eigenvalue weighted by Crippen LogP contribution is 2.39. The lowest BCUT2D eigenvalue weighted by Crippen LogP contribution is -2.39. The van der Waals surface area contributed by atoms with E-state index < -0.39 is 47.4 Å². The molecule has 0 aliphatic carbocycles. The zero-order chi connectivity index (χ0) is 19.8. The van der Waals surface area contributed by atoms with Crippen molar-refractivity contribution < 1.29 is 22.8 Å². The van der Waals surface area contributed by atoms with Crippen LogP contribution in [0.5, 0.6) is 0 Å². The molecule has 2 amide bonds. The largest absolute Gasteiger partial charge is 0.324 e. The molecule has 8 heteroatoms. The minimum absolute atomic E-state index is 0.332. The van der Waals surface area contributed by atoms with E-state index in [4.69, 9.17) is 0 Å². The molecule has 0 radical (unpaired) electrons. The lowest BCUT2D eigenvalue weighted by Gasteiger charge is -2.29. The van der Waals surface area contributed by atoms with Crippen LogP contribution in [0, 0.1) is 17.5 Å². The van der Waals surface area contributed by atoms with Crippen molar-refractivity contribution in [1.29, 1.82) is 0 Å². The molecule has 1 atom stereocenters. The maximum Gasteiger partial charge on any atom is 0.261 e. The Morgan fingerprint density at radius 2 is 1.82 bits per heavy atom. The van der Waals surface area contributed by atoms with Crippen LogP contribution in [0.25, 0.3) is 0 Å². The Labute approximate surface area is 162 Å². The summed E-state index contributed by atoms with van der Waals surface area (Å²) in [5.41, 5.74) is -0.0794. The van der Waals surface area contributed by atoms with Crippen molar-refractivity contribution in [3.8, 4) is 0 Å². The predicted octanol–water partition coefficient (Wildman–Crippen LogP) is 4.35. The van der Waals surface area contributed by atoms with Crippen molar-refractivity contribution in [3.63, 3.8) is 0 Å². The monoisotopic (exact) mass is 402 g/mol. The molecule has 4 nitrogen and oxygen atoms in total. The number of nitrogens with one attached hydrogen (secondary N) is 1. The van der Waals surface area contributed by atoms with Crippen LogP contribution in [0.15, 0.2) is 53.9 Å². The molecule has 4 rings (SSSR count). The molecule has 0 fully saturated rings. The van der Waals surface area contributed by atoms with Crippen LogP contribution in [0.1, 0.15) is 26.8 Å². The normalized spacial score (nSPS) is 16.3. The number of hydrogen-bond donors (Lipinski definition) is 1. The Morgan fingerprint density at radius 1 is 1.07 bits per heavy atom. The number of fused-ring (bicyclic) bond motifs is 1. The van der Waals surface area contributed by atoms with Crippen LogP contribution in [0.4, 0.5) is 18.9 Å². The van der Waals surface area contributed by atoms with Crippen LogP contribution >= 0.6 is 11.3 Å². The molecule has 3 aromatic rings. The summed E-state index contributed by atoms with van der Waals surface area (Å²) in [7, 11) is 0. The first kappa shape index (κ1) is 18.2. The number of carbonyl (C=O) groups excluding carboxylic acids is 2. The SMILES string of the molecule is O=C1CN(C(=O)c2c(F)cccc2F)C(c2cccs2)c2cc(F)ccc2N1. The topological polar surface area (TPSA) is 49.4 Å². The summed E-state index contributed by atoms with van der Waals surface area (Å²) in [6.45, 7) is -0.439. The van der Waals surface area contributed by atoms with E-state index in [2.05, 4.69) is 5.32 Å². The fraction of sp³-hybridized carbons (Fsp3) is 0.100. The number of benzene rings is 2. The van der Waals surface area contributed by atoms with Crippen LogP contribution in [0.2, 0.25) is 0 Å². The van der Waals surface area contributed by atoms with Crippen LogP contribution in [-0.4, -0.2) is 23.3 Å². The number of halogens is 3. The van der Waals surface area contributed by atoms with E-state index in [-0.39, 0.29) is 0 Å². The van der Waals surface area contributed by atoms with Gasteiger partial charge in [-0.05, 0) is 41.8 Å². The number of amides is 2. The Morgan fingerprint density at radius 3 is 2.50 bits per heavy atom. The van der Waals surface area contributed by atoms with Gasteiger partial charge in [0, 0.05) is 16.1 Å². The Balaban J connectivity index is 1.91. The Hall–Kier alpha value is -3.13. The Bertz CT molecular complexity index is 1050. The van der Waals surface area contributed by atoms with Gasteiger partial charge in [0.1, 0.15) is 29.6 Å². The third-order valence-corrected chi connectivity index (χ3v) is 5.38. The molecule has 1 unspecified atom stereocenters. The number of hydrogen-bond acceptors (Lipinski definition) is 3. The highest BCUT2D eigenvalue weighted by Gasteiger charge is 2.36. The van der Waals surface area contributed by atoms with Crippen molar-refractivity contribution in [1.82, 2.24) is 4.90 Å². The van der Waals surface area contributed by atoms with E-state index in [1.54, 1.807) is 17.5 Å². The second kappa shape index (κ2) is 7.12. The lowest BCUT2D eigenvalue weighted by molar-refractivity contribution is -0.117. The highest BCUT2D eigenvalue weighted by atomic mass is 32.1. The zero-order valence-electron chi connectivity index (χ0n) is 14.3. The van der Waals surface area contributed by atoms with E-state index in [0.29, 0.717) is 16.1 Å². The number of anilines is 1. The molecule has 1 N–H and O–H groups in total. The van der Waals surface area contributed by atoms with E-state index in [1.165, 1.54) is 29.5 Å². The molecule has 1 aromatic heterocycles. The van der Waals surface area contributed by atoms with Gasteiger partial charge in [-0.15, -0.1) is 11.3 Å². The van der Waals surface area contributed by atoms with Crippen LogP contribution in [0.3, 0.4) is 0 Å². The maximum atomic E-state index is 14.2. The second-order valence-electron chi connectivity index (χ2n) is 6.23. The van der Waals surface area contributed by atoms with Gasteiger partial charge < -0.3 is 10.2 Å². The highest BCUT2D eigenvalue weighted by molar-refractivity contribution is 7.10. The molecule has 142 valence electrons. The van der Waals surface area contributed by atoms with Gasteiger partial charge >= 0.3 is 0 Å². The van der Waals surface area contributed by atoms with E-state index in [1.807, 2.05) is 0 Å². The summed E-state index contributed by atoms with van der Waals surface area (Å²) in [5.74, 6) is -4.14. The molecule has 0 bridgehead atoms. The third kappa shape index (κ3) is 3.16. The minimum Gasteiger partial charge on any atom is -0.324 e. The standard InChI is InChI=1S/C20H13F3N2O2S/c21-11-6-7-15-12(9-11)19(16-5-2-8-28-16)25(10-17(26)24-15)20(27)18-13(22)3-1-4-14(18)23/h1-9,19H,10H2,(H,24,26). The maximum absolute atomic E-state index is 14.2. The van der Waals surface area contributed by atoms with Gasteiger partial charge in [-0.25, -0.2) is 13.2 Å². The molecule has 1 aliphatic rings. The van der Waals surface area contributed by atoms with Crippen molar-refractivity contribution in [3.05, 3.63) is 87.4 Å². The van der Waals surface area contributed by atoms with E-state index in [9.17, 15) is 22.8 Å². The van der Waals surface area contributed by atoms with Gasteiger partial charge in [0.05, 0.1) is 6.04 Å². The first-order chi connectivity index (χ1) is 13.5. The summed E-state index contributed by atoms with van der Waals surface area (Å²) in [6, 6.07) is 9.49. The van der Waals surface area contributed by atoms with Crippen molar-refractivity contribution in [2.24, 2.45) is 0 Å². The van der Waals surface area contributed by atoms with Gasteiger partial charge in [-0.1, -0.05) is 12.1 Å². The van der Waals surface area contributed by atoms with Crippen molar-refractivity contribution >= 4 is 28.8 Å². The summed E-state index contributed by atoms with van der Waals surface area (Å²) >= 11 is 1.29. The average molecular weight is 402 g/mol. The zero-order valence-corrected chi connectivity index (χ0v) is 15.1. The molecular weight excluding hydrogens is 389 g/mol. The van der Waals surface area contributed by atoms with E-state index in [0.717, 1.165) is 23.1 Å². The molecule has 2 aromatic carbocycles. The van der Waals surface area contributed by atoms with Crippen molar-refractivity contribution in [2.45, 2.75) is 6.04 Å². The minimum atomic E-state index is -1.03. The fourth-order valence-electron chi connectivity index (χ4n) is 3.27. The summed E-state index contributed by atoms with van der Waals surface area (Å²) in [6.07, 6.45) is 0. The van der Waals surface area contributed by atoms with Gasteiger partial charge in [-0.3, -0.25) is 9.59 Å². The first-order valence-electron chi connectivity index (χ1n) is 8.33. The van der Waals surface area contributed by atoms with Gasteiger partial charge in [0.15, 0.2) is 0 Å². The fourth-order valence-corrected chi connectivity index (χ4v) is 4.12. The molecule has 0 saturated heterocycles. The van der Waals surface area contributed by atoms with Gasteiger partial charge in [0.25, 0.3) is 5.91 Å². The molecule has 2 heterocycles. The van der Waals surface area contributed by atoms with Crippen molar-refractivity contribution in [2.75, 3.05) is 11.9 Å². The quantitative estimate of drug-likeness (QED) is 0.693. The number of thiophene rings is 1.